The van der Waals surface area contributed by atoms with Crippen molar-refractivity contribution < 1.29 is 4.74 Å². The summed E-state index contributed by atoms with van der Waals surface area (Å²) in [7, 11) is 3.95. The molecule has 0 heterocycles. The van der Waals surface area contributed by atoms with Gasteiger partial charge in [-0.05, 0) is 38.0 Å². The molecule has 1 saturated carbocycles. The second-order valence-corrected chi connectivity index (χ2v) is 5.05. The van der Waals surface area contributed by atoms with Crippen molar-refractivity contribution in [1.82, 2.24) is 4.90 Å². The lowest BCUT2D eigenvalue weighted by Gasteiger charge is -2.44. The van der Waals surface area contributed by atoms with E-state index in [0.29, 0.717) is 11.5 Å². The van der Waals surface area contributed by atoms with Crippen LogP contribution in [0.25, 0.3) is 0 Å². The molecule has 1 fully saturated rings. The Morgan fingerprint density at radius 2 is 2.14 bits per heavy atom. The molecule has 0 bridgehead atoms. The standard InChI is InChI=1S/C11H23NOS/c1-10(7-13-3)12(2)8-11(9-14)5-4-6-11/h10,14H,4-9H2,1-3H3. The van der Waals surface area contributed by atoms with E-state index in [1.165, 1.54) is 25.8 Å². The first-order valence-electron chi connectivity index (χ1n) is 5.43. The van der Waals surface area contributed by atoms with E-state index in [2.05, 4.69) is 31.5 Å². The molecule has 0 amide bonds. The van der Waals surface area contributed by atoms with Gasteiger partial charge < -0.3 is 9.64 Å². The van der Waals surface area contributed by atoms with Crippen LogP contribution in [-0.2, 0) is 4.74 Å². The minimum absolute atomic E-state index is 0.500. The molecule has 1 aliphatic carbocycles. The molecule has 2 nitrogen and oxygen atoms in total. The van der Waals surface area contributed by atoms with Crippen LogP contribution >= 0.6 is 12.6 Å². The van der Waals surface area contributed by atoms with Gasteiger partial charge in [-0.2, -0.15) is 12.6 Å². The average Bonchev–Trinajstić information content (AvgIpc) is 2.11. The SMILES string of the molecule is COCC(C)N(C)CC1(CS)CCC1. The predicted molar refractivity (Wildman–Crippen MR) is 64.1 cm³/mol. The van der Waals surface area contributed by atoms with Crippen LogP contribution in [-0.4, -0.2) is 44.0 Å². The third kappa shape index (κ3) is 2.88. The van der Waals surface area contributed by atoms with Crippen molar-refractivity contribution in [2.45, 2.75) is 32.2 Å². The van der Waals surface area contributed by atoms with Crippen molar-refractivity contribution in [3.8, 4) is 0 Å². The molecule has 3 heteroatoms. The Bertz CT molecular complexity index is 165. The van der Waals surface area contributed by atoms with Gasteiger partial charge in [0.1, 0.15) is 0 Å². The normalized spacial score (nSPS) is 22.1. The van der Waals surface area contributed by atoms with Crippen LogP contribution in [0.5, 0.6) is 0 Å². The molecule has 0 spiro atoms. The van der Waals surface area contributed by atoms with Crippen molar-refractivity contribution >= 4 is 12.6 Å². The van der Waals surface area contributed by atoms with E-state index >= 15 is 0 Å². The molecule has 0 radical (unpaired) electrons. The summed E-state index contributed by atoms with van der Waals surface area (Å²) in [5, 5.41) is 0. The molecular formula is C11H23NOS. The third-order valence-corrected chi connectivity index (χ3v) is 4.17. The van der Waals surface area contributed by atoms with Crippen LogP contribution in [0.4, 0.5) is 0 Å². The number of methoxy groups -OCH3 is 1. The second-order valence-electron chi connectivity index (χ2n) is 4.73. The molecule has 0 aromatic rings. The summed E-state index contributed by atoms with van der Waals surface area (Å²) in [6, 6.07) is 0.511. The molecule has 84 valence electrons. The highest BCUT2D eigenvalue weighted by Crippen LogP contribution is 2.42. The number of hydrogen-bond acceptors (Lipinski definition) is 3. The molecule has 0 saturated heterocycles. The maximum atomic E-state index is 5.16. The van der Waals surface area contributed by atoms with E-state index in [-0.39, 0.29) is 0 Å². The molecular weight excluding hydrogens is 194 g/mol. The summed E-state index contributed by atoms with van der Waals surface area (Å²) >= 11 is 4.47. The lowest BCUT2D eigenvalue weighted by Crippen LogP contribution is -2.46. The first kappa shape index (κ1) is 12.3. The van der Waals surface area contributed by atoms with Crippen molar-refractivity contribution in [2.75, 3.05) is 33.1 Å². The number of ether oxygens (including phenoxy) is 1. The Hall–Kier alpha value is 0.270. The summed E-state index contributed by atoms with van der Waals surface area (Å²) in [5.41, 5.74) is 0.500. The van der Waals surface area contributed by atoms with E-state index in [1.54, 1.807) is 7.11 Å². The Morgan fingerprint density at radius 3 is 2.50 bits per heavy atom. The third-order valence-electron chi connectivity index (χ3n) is 3.49. The van der Waals surface area contributed by atoms with Gasteiger partial charge in [-0.3, -0.25) is 0 Å². The Labute approximate surface area is 93.4 Å². The number of rotatable bonds is 6. The van der Waals surface area contributed by atoms with Gasteiger partial charge in [0.2, 0.25) is 0 Å². The molecule has 0 N–H and O–H groups in total. The van der Waals surface area contributed by atoms with Gasteiger partial charge in [0, 0.05) is 19.7 Å². The fourth-order valence-corrected chi connectivity index (χ4v) is 2.51. The van der Waals surface area contributed by atoms with E-state index in [4.69, 9.17) is 4.74 Å². The second kappa shape index (κ2) is 5.38. The van der Waals surface area contributed by atoms with Crippen molar-refractivity contribution in [2.24, 2.45) is 5.41 Å². The number of likely N-dealkylation sites (N-methyl/N-ethyl adjacent to an activating group) is 1. The number of thiol groups is 1. The van der Waals surface area contributed by atoms with Crippen LogP contribution in [0.15, 0.2) is 0 Å². The van der Waals surface area contributed by atoms with Gasteiger partial charge in [0.25, 0.3) is 0 Å². The topological polar surface area (TPSA) is 12.5 Å². The van der Waals surface area contributed by atoms with Crippen LogP contribution in [0.1, 0.15) is 26.2 Å². The molecule has 1 aliphatic rings. The molecule has 1 atom stereocenters. The zero-order valence-electron chi connectivity index (χ0n) is 9.62. The lowest BCUT2D eigenvalue weighted by atomic mass is 9.70. The van der Waals surface area contributed by atoms with Crippen LogP contribution in [0.2, 0.25) is 0 Å². The summed E-state index contributed by atoms with van der Waals surface area (Å²) in [5.74, 6) is 1.02. The van der Waals surface area contributed by atoms with Crippen LogP contribution in [0, 0.1) is 5.41 Å². The summed E-state index contributed by atoms with van der Waals surface area (Å²) in [6.07, 6.45) is 4.08. The van der Waals surface area contributed by atoms with Gasteiger partial charge in [0.15, 0.2) is 0 Å². The quantitative estimate of drug-likeness (QED) is 0.684. The Balaban J connectivity index is 2.34. The maximum Gasteiger partial charge on any atom is 0.0615 e. The fraction of sp³-hybridized carbons (Fsp3) is 1.00. The Kier molecular flexibility index (Phi) is 4.74. The highest BCUT2D eigenvalue weighted by Gasteiger charge is 2.37. The summed E-state index contributed by atoms with van der Waals surface area (Å²) in [6.45, 7) is 4.20. The van der Waals surface area contributed by atoms with E-state index < -0.39 is 0 Å². The highest BCUT2D eigenvalue weighted by atomic mass is 32.1. The zero-order chi connectivity index (χ0) is 10.6. The smallest absolute Gasteiger partial charge is 0.0615 e. The van der Waals surface area contributed by atoms with Gasteiger partial charge in [-0.1, -0.05) is 6.42 Å². The van der Waals surface area contributed by atoms with E-state index in [9.17, 15) is 0 Å². The average molecular weight is 217 g/mol. The van der Waals surface area contributed by atoms with Crippen LogP contribution < -0.4 is 0 Å². The van der Waals surface area contributed by atoms with Gasteiger partial charge in [-0.15, -0.1) is 0 Å². The molecule has 0 aliphatic heterocycles. The largest absolute Gasteiger partial charge is 0.383 e. The molecule has 1 unspecified atom stereocenters. The van der Waals surface area contributed by atoms with Crippen molar-refractivity contribution in [3.05, 3.63) is 0 Å². The molecule has 14 heavy (non-hydrogen) atoms. The first-order chi connectivity index (χ1) is 6.63. The van der Waals surface area contributed by atoms with Crippen molar-refractivity contribution in [1.29, 1.82) is 0 Å². The summed E-state index contributed by atoms with van der Waals surface area (Å²) < 4.78 is 5.16. The fourth-order valence-electron chi connectivity index (χ4n) is 2.10. The van der Waals surface area contributed by atoms with Crippen LogP contribution in [0.3, 0.4) is 0 Å². The lowest BCUT2D eigenvalue weighted by molar-refractivity contribution is 0.0540. The molecule has 0 aromatic heterocycles. The maximum absolute atomic E-state index is 5.16. The minimum atomic E-state index is 0.500. The Morgan fingerprint density at radius 1 is 1.50 bits per heavy atom. The zero-order valence-corrected chi connectivity index (χ0v) is 10.5. The first-order valence-corrected chi connectivity index (χ1v) is 6.07. The van der Waals surface area contributed by atoms with E-state index in [1.807, 2.05) is 0 Å². The molecule has 0 aromatic carbocycles. The van der Waals surface area contributed by atoms with E-state index in [0.717, 1.165) is 12.4 Å². The van der Waals surface area contributed by atoms with Gasteiger partial charge in [0.05, 0.1) is 6.61 Å². The predicted octanol–water partition coefficient (Wildman–Crippen LogP) is 2.05. The van der Waals surface area contributed by atoms with Gasteiger partial charge in [-0.25, -0.2) is 0 Å². The summed E-state index contributed by atoms with van der Waals surface area (Å²) in [4.78, 5) is 2.40. The monoisotopic (exact) mass is 217 g/mol. The van der Waals surface area contributed by atoms with Gasteiger partial charge >= 0.3 is 0 Å². The minimum Gasteiger partial charge on any atom is -0.383 e. The number of nitrogens with zero attached hydrogens (tertiary/aromatic N) is 1. The highest BCUT2D eigenvalue weighted by molar-refractivity contribution is 7.80. The number of hydrogen-bond donors (Lipinski definition) is 1. The molecule has 1 rings (SSSR count). The van der Waals surface area contributed by atoms with Crippen molar-refractivity contribution in [3.63, 3.8) is 0 Å².